The quantitative estimate of drug-likeness (QED) is 0.423. The Bertz CT molecular complexity index is 1310. The van der Waals surface area contributed by atoms with Crippen LogP contribution in [0.15, 0.2) is 42.5 Å². The van der Waals surface area contributed by atoms with Gasteiger partial charge in [0, 0.05) is 34.8 Å². The summed E-state index contributed by atoms with van der Waals surface area (Å²) in [4.78, 5) is 20.0. The molecule has 2 aliphatic heterocycles. The number of aliphatic hydroxyl groups excluding tert-OH is 1. The molecule has 7 nitrogen and oxygen atoms in total. The molecule has 5 rings (SSSR count). The van der Waals surface area contributed by atoms with Gasteiger partial charge in [0.2, 0.25) is 5.88 Å². The molecule has 1 fully saturated rings. The molecule has 0 bridgehead atoms. The Balaban J connectivity index is 1.45. The van der Waals surface area contributed by atoms with Crippen LogP contribution in [0.2, 0.25) is 10.0 Å². The fraction of sp³-hybridized carbons (Fsp3) is 0.357. The van der Waals surface area contributed by atoms with Gasteiger partial charge in [0.15, 0.2) is 0 Å². The number of amides is 1. The topological polar surface area (TPSA) is 81.1 Å². The van der Waals surface area contributed by atoms with Crippen molar-refractivity contribution in [3.8, 4) is 11.6 Å². The van der Waals surface area contributed by atoms with Gasteiger partial charge in [-0.25, -0.2) is 4.98 Å². The maximum atomic E-state index is 13.8. The average molecular weight is 543 g/mol. The summed E-state index contributed by atoms with van der Waals surface area (Å²) in [6, 6.07) is 13.3. The lowest BCUT2D eigenvalue weighted by Crippen LogP contribution is -2.38. The third kappa shape index (κ3) is 5.14. The highest BCUT2D eigenvalue weighted by Gasteiger charge is 2.35. The number of hydrogen-bond donors (Lipinski definition) is 1. The zero-order chi connectivity index (χ0) is 26.1. The summed E-state index contributed by atoms with van der Waals surface area (Å²) in [5.74, 6) is 0.669. The minimum absolute atomic E-state index is 0.0753. The molecule has 1 amide bonds. The third-order valence-corrected chi connectivity index (χ3v) is 7.61. The Hall–Kier alpha value is -2.84. The van der Waals surface area contributed by atoms with Gasteiger partial charge in [-0.05, 0) is 30.5 Å². The number of halogens is 2. The lowest BCUT2D eigenvalue weighted by molar-refractivity contribution is -0.0923. The van der Waals surface area contributed by atoms with E-state index in [1.165, 1.54) is 0 Å². The fourth-order valence-corrected chi connectivity index (χ4v) is 5.39. The van der Waals surface area contributed by atoms with E-state index >= 15 is 0 Å². The van der Waals surface area contributed by atoms with Crippen LogP contribution in [-0.4, -0.2) is 47.8 Å². The van der Waals surface area contributed by atoms with Crippen molar-refractivity contribution < 1.29 is 24.1 Å². The third-order valence-electron chi connectivity index (χ3n) is 6.87. The van der Waals surface area contributed by atoms with E-state index in [2.05, 4.69) is 4.98 Å². The van der Waals surface area contributed by atoms with E-state index in [0.717, 1.165) is 11.3 Å². The second-order valence-electron chi connectivity index (χ2n) is 9.36. The molecular weight excluding hydrogens is 515 g/mol. The number of ether oxygens (including phenoxy) is 3. The van der Waals surface area contributed by atoms with Crippen LogP contribution in [0.1, 0.15) is 44.4 Å². The Labute approximate surface area is 225 Å². The number of aryl methyl sites for hydroxylation is 1. The number of pyridine rings is 1. The largest absolute Gasteiger partial charge is 0.496 e. The SMILES string of the molecule is COc1cc(C)nc(OCc2ccccc2)c1CN1CCc2c(Cl)cc(C(O)C3COC3)c(Cl)c2C1=O. The number of benzene rings is 2. The number of carbonyl (C=O) groups excluding carboxylic acids is 1. The summed E-state index contributed by atoms with van der Waals surface area (Å²) in [5, 5.41) is 11.5. The van der Waals surface area contributed by atoms with E-state index in [4.69, 9.17) is 37.4 Å². The number of methoxy groups -OCH3 is 1. The molecular formula is C28H28Cl2N2O5. The van der Waals surface area contributed by atoms with Crippen molar-refractivity contribution in [1.29, 1.82) is 0 Å². The molecule has 1 atom stereocenters. The first-order valence-electron chi connectivity index (χ1n) is 12.1. The minimum Gasteiger partial charge on any atom is -0.496 e. The van der Waals surface area contributed by atoms with Crippen LogP contribution < -0.4 is 9.47 Å². The standard InChI is InChI=1S/C28H28Cl2N2O5/c1-16-10-23(35-2)21(27(31-16)37-13-17-6-4-3-5-7-17)12-32-9-8-19-22(29)11-20(25(30)24(19)28(32)34)26(33)18-14-36-15-18/h3-7,10-11,18,26,33H,8-9,12-15H2,1-2H3. The number of aliphatic hydroxyl groups is 1. The number of aromatic nitrogens is 1. The van der Waals surface area contributed by atoms with Crippen molar-refractivity contribution in [2.24, 2.45) is 5.92 Å². The molecule has 3 heterocycles. The summed E-state index contributed by atoms with van der Waals surface area (Å²) in [6.45, 7) is 3.74. The van der Waals surface area contributed by atoms with Gasteiger partial charge in [-0.1, -0.05) is 53.5 Å². The molecule has 9 heteroatoms. The molecule has 1 N–H and O–H groups in total. The number of hydrogen-bond acceptors (Lipinski definition) is 6. The fourth-order valence-electron chi connectivity index (χ4n) is 4.72. The van der Waals surface area contributed by atoms with Crippen LogP contribution in [0.3, 0.4) is 0 Å². The van der Waals surface area contributed by atoms with Crippen LogP contribution in [-0.2, 0) is 24.3 Å². The molecule has 1 aromatic heterocycles. The number of nitrogens with zero attached hydrogens (tertiary/aromatic N) is 2. The maximum absolute atomic E-state index is 13.8. The second kappa shape index (κ2) is 10.9. The van der Waals surface area contributed by atoms with E-state index in [1.54, 1.807) is 18.1 Å². The summed E-state index contributed by atoms with van der Waals surface area (Å²) in [5.41, 5.74) is 3.90. The Kier molecular flexibility index (Phi) is 7.58. The average Bonchev–Trinajstić information content (AvgIpc) is 2.86. The van der Waals surface area contributed by atoms with Gasteiger partial charge in [0.25, 0.3) is 5.91 Å². The van der Waals surface area contributed by atoms with E-state index in [1.807, 2.05) is 43.3 Å². The van der Waals surface area contributed by atoms with Crippen molar-refractivity contribution in [3.63, 3.8) is 0 Å². The zero-order valence-electron chi connectivity index (χ0n) is 20.7. The highest BCUT2D eigenvalue weighted by molar-refractivity contribution is 6.37. The van der Waals surface area contributed by atoms with Crippen LogP contribution in [0, 0.1) is 12.8 Å². The predicted octanol–water partition coefficient (Wildman–Crippen LogP) is 5.16. The first kappa shape index (κ1) is 25.8. The molecule has 2 aromatic carbocycles. The molecule has 37 heavy (non-hydrogen) atoms. The lowest BCUT2D eigenvalue weighted by Gasteiger charge is -2.34. The van der Waals surface area contributed by atoms with Crippen molar-refractivity contribution in [2.45, 2.75) is 32.6 Å². The van der Waals surface area contributed by atoms with Gasteiger partial charge in [0.05, 0.1) is 49.1 Å². The van der Waals surface area contributed by atoms with E-state index in [-0.39, 0.29) is 23.4 Å². The van der Waals surface area contributed by atoms with E-state index < -0.39 is 6.10 Å². The molecule has 1 saturated heterocycles. The smallest absolute Gasteiger partial charge is 0.256 e. The minimum atomic E-state index is -0.855. The zero-order valence-corrected chi connectivity index (χ0v) is 22.2. The molecule has 3 aromatic rings. The van der Waals surface area contributed by atoms with Gasteiger partial charge in [-0.3, -0.25) is 4.79 Å². The first-order valence-corrected chi connectivity index (χ1v) is 12.9. The molecule has 0 saturated carbocycles. The van der Waals surface area contributed by atoms with Gasteiger partial charge in [-0.2, -0.15) is 0 Å². The number of carbonyl (C=O) groups is 1. The molecule has 0 radical (unpaired) electrons. The van der Waals surface area contributed by atoms with Crippen LogP contribution in [0.5, 0.6) is 11.6 Å². The van der Waals surface area contributed by atoms with Gasteiger partial charge < -0.3 is 24.2 Å². The summed E-state index contributed by atoms with van der Waals surface area (Å²) in [6.07, 6.45) is -0.323. The molecule has 0 aliphatic carbocycles. The van der Waals surface area contributed by atoms with Crippen molar-refractivity contribution >= 4 is 29.1 Å². The van der Waals surface area contributed by atoms with Crippen LogP contribution in [0.4, 0.5) is 0 Å². The van der Waals surface area contributed by atoms with Crippen LogP contribution in [0.25, 0.3) is 0 Å². The molecule has 2 aliphatic rings. The summed E-state index contributed by atoms with van der Waals surface area (Å²) < 4.78 is 17.0. The van der Waals surface area contributed by atoms with Gasteiger partial charge in [-0.15, -0.1) is 0 Å². The highest BCUT2D eigenvalue weighted by atomic mass is 35.5. The Morgan fingerprint density at radius 2 is 1.97 bits per heavy atom. The van der Waals surface area contributed by atoms with E-state index in [0.29, 0.717) is 71.7 Å². The summed E-state index contributed by atoms with van der Waals surface area (Å²) in [7, 11) is 1.58. The van der Waals surface area contributed by atoms with E-state index in [9.17, 15) is 9.90 Å². The first-order chi connectivity index (χ1) is 17.9. The lowest BCUT2D eigenvalue weighted by atomic mass is 9.89. The number of rotatable bonds is 8. The second-order valence-corrected chi connectivity index (χ2v) is 10.1. The normalized spacial score (nSPS) is 16.2. The number of fused-ring (bicyclic) bond motifs is 1. The monoisotopic (exact) mass is 542 g/mol. The van der Waals surface area contributed by atoms with Crippen molar-refractivity contribution in [2.75, 3.05) is 26.9 Å². The van der Waals surface area contributed by atoms with Gasteiger partial charge >= 0.3 is 0 Å². The Morgan fingerprint density at radius 3 is 2.65 bits per heavy atom. The molecule has 1 unspecified atom stereocenters. The molecule has 0 spiro atoms. The highest BCUT2D eigenvalue weighted by Crippen LogP contribution is 2.41. The Morgan fingerprint density at radius 1 is 1.22 bits per heavy atom. The van der Waals surface area contributed by atoms with Gasteiger partial charge in [0.1, 0.15) is 12.4 Å². The predicted molar refractivity (Wildman–Crippen MR) is 140 cm³/mol. The maximum Gasteiger partial charge on any atom is 0.256 e. The van der Waals surface area contributed by atoms with Crippen LogP contribution >= 0.6 is 23.2 Å². The molecule has 194 valence electrons. The van der Waals surface area contributed by atoms with Crippen molar-refractivity contribution in [3.05, 3.63) is 86.0 Å². The summed E-state index contributed by atoms with van der Waals surface area (Å²) >= 11 is 13.3. The van der Waals surface area contributed by atoms with Crippen molar-refractivity contribution in [1.82, 2.24) is 9.88 Å².